The van der Waals surface area contributed by atoms with Crippen LogP contribution in [0, 0.1) is 18.7 Å². The van der Waals surface area contributed by atoms with Gasteiger partial charge < -0.3 is 15.0 Å². The highest BCUT2D eigenvalue weighted by atomic mass is 19.1. The molecule has 2 amide bonds. The van der Waals surface area contributed by atoms with E-state index in [-0.39, 0.29) is 23.5 Å². The molecule has 0 aromatic heterocycles. The summed E-state index contributed by atoms with van der Waals surface area (Å²) in [7, 11) is 1.32. The Bertz CT molecular complexity index is 984. The van der Waals surface area contributed by atoms with Crippen molar-refractivity contribution in [2.45, 2.75) is 51.5 Å². The zero-order valence-electron chi connectivity index (χ0n) is 19.9. The number of likely N-dealkylation sites (tertiary alicyclic amines) is 1. The average Bonchev–Trinajstić information content (AvgIpc) is 2.83. The van der Waals surface area contributed by atoms with Gasteiger partial charge in [-0.15, -0.1) is 0 Å². The molecule has 1 unspecified atom stereocenters. The molecule has 34 heavy (non-hydrogen) atoms. The van der Waals surface area contributed by atoms with Crippen LogP contribution in [0.2, 0.25) is 0 Å². The van der Waals surface area contributed by atoms with Crippen molar-refractivity contribution in [3.63, 3.8) is 0 Å². The molecule has 7 heteroatoms. The zero-order chi connectivity index (χ0) is 24.5. The standard InChI is InChI=1S/C27H33FN2O4/c1-19-6-8-21(9-7-19)17-24(27(33)34-2)29-25(31)18-22-12-14-30(15-13-22)26(32)11-10-20-4-3-5-23(28)16-20/h3-9,16,22,24H,10-15,17-18H2,1-2H3,(H,29,31). The molecule has 0 spiro atoms. The van der Waals surface area contributed by atoms with E-state index < -0.39 is 12.0 Å². The minimum atomic E-state index is -0.732. The fourth-order valence-electron chi connectivity index (χ4n) is 4.30. The number of methoxy groups -OCH3 is 1. The highest BCUT2D eigenvalue weighted by Crippen LogP contribution is 2.22. The minimum absolute atomic E-state index is 0.0519. The number of aryl methyl sites for hydroxylation is 2. The van der Waals surface area contributed by atoms with Crippen LogP contribution in [0.25, 0.3) is 0 Å². The second-order valence-corrected chi connectivity index (χ2v) is 8.99. The van der Waals surface area contributed by atoms with E-state index in [0.29, 0.717) is 38.8 Å². The van der Waals surface area contributed by atoms with Crippen LogP contribution in [-0.2, 0) is 32.0 Å². The smallest absolute Gasteiger partial charge is 0.328 e. The summed E-state index contributed by atoms with van der Waals surface area (Å²) in [6.07, 6.45) is 3.01. The SMILES string of the molecule is COC(=O)C(Cc1ccc(C)cc1)NC(=O)CC1CCN(C(=O)CCc2cccc(F)c2)CC1. The Morgan fingerprint density at radius 2 is 1.79 bits per heavy atom. The Kier molecular flexibility index (Phi) is 9.19. The molecule has 2 aromatic carbocycles. The Balaban J connectivity index is 1.43. The van der Waals surface area contributed by atoms with Gasteiger partial charge in [0, 0.05) is 32.4 Å². The number of amides is 2. The van der Waals surface area contributed by atoms with Gasteiger partial charge in [0.1, 0.15) is 11.9 Å². The second-order valence-electron chi connectivity index (χ2n) is 8.99. The van der Waals surface area contributed by atoms with E-state index >= 15 is 0 Å². The summed E-state index contributed by atoms with van der Waals surface area (Å²) in [6.45, 7) is 3.19. The summed E-state index contributed by atoms with van der Waals surface area (Å²) in [5, 5.41) is 2.83. The van der Waals surface area contributed by atoms with Crippen LogP contribution in [0.4, 0.5) is 4.39 Å². The second kappa shape index (κ2) is 12.3. The molecular formula is C27H33FN2O4. The Morgan fingerprint density at radius 1 is 1.09 bits per heavy atom. The number of carbonyl (C=O) groups is 3. The molecule has 1 saturated heterocycles. The number of nitrogens with one attached hydrogen (secondary N) is 1. The number of piperidine rings is 1. The number of benzene rings is 2. The third-order valence-corrected chi connectivity index (χ3v) is 6.34. The highest BCUT2D eigenvalue weighted by molar-refractivity contribution is 5.84. The van der Waals surface area contributed by atoms with Crippen LogP contribution in [0.15, 0.2) is 48.5 Å². The summed E-state index contributed by atoms with van der Waals surface area (Å²) in [5.74, 6) is -0.732. The van der Waals surface area contributed by atoms with Crippen molar-refractivity contribution in [2.24, 2.45) is 5.92 Å². The van der Waals surface area contributed by atoms with Gasteiger partial charge in [0.05, 0.1) is 7.11 Å². The van der Waals surface area contributed by atoms with Crippen molar-refractivity contribution in [1.82, 2.24) is 10.2 Å². The van der Waals surface area contributed by atoms with Crippen LogP contribution >= 0.6 is 0 Å². The third kappa shape index (κ3) is 7.68. The number of carbonyl (C=O) groups excluding carboxylic acids is 3. The number of hydrogen-bond acceptors (Lipinski definition) is 4. The summed E-state index contributed by atoms with van der Waals surface area (Å²) < 4.78 is 18.2. The van der Waals surface area contributed by atoms with Gasteiger partial charge in [0.25, 0.3) is 0 Å². The quantitative estimate of drug-likeness (QED) is 0.571. The first-order chi connectivity index (χ1) is 16.3. The fourth-order valence-corrected chi connectivity index (χ4v) is 4.30. The van der Waals surface area contributed by atoms with Gasteiger partial charge in [-0.1, -0.05) is 42.0 Å². The van der Waals surface area contributed by atoms with Crippen molar-refractivity contribution < 1.29 is 23.5 Å². The maximum absolute atomic E-state index is 13.3. The molecule has 1 aliphatic heterocycles. The maximum atomic E-state index is 13.3. The van der Waals surface area contributed by atoms with E-state index in [1.165, 1.54) is 19.2 Å². The van der Waals surface area contributed by atoms with Gasteiger partial charge in [0.15, 0.2) is 0 Å². The molecule has 1 fully saturated rings. The summed E-state index contributed by atoms with van der Waals surface area (Å²) in [6, 6.07) is 13.4. The lowest BCUT2D eigenvalue weighted by Gasteiger charge is -2.32. The zero-order valence-corrected chi connectivity index (χ0v) is 19.9. The van der Waals surface area contributed by atoms with Gasteiger partial charge in [-0.25, -0.2) is 9.18 Å². The Labute approximate surface area is 200 Å². The van der Waals surface area contributed by atoms with Gasteiger partial charge in [-0.2, -0.15) is 0 Å². The monoisotopic (exact) mass is 468 g/mol. The molecule has 0 bridgehead atoms. The number of hydrogen-bond donors (Lipinski definition) is 1. The maximum Gasteiger partial charge on any atom is 0.328 e. The van der Waals surface area contributed by atoms with Crippen LogP contribution in [0.5, 0.6) is 0 Å². The first-order valence-corrected chi connectivity index (χ1v) is 11.8. The first kappa shape index (κ1) is 25.4. The van der Waals surface area contributed by atoms with Crippen molar-refractivity contribution >= 4 is 17.8 Å². The molecular weight excluding hydrogens is 435 g/mol. The summed E-state index contributed by atoms with van der Waals surface area (Å²) in [4.78, 5) is 39.2. The number of halogens is 1. The number of ether oxygens (including phenoxy) is 1. The molecule has 6 nitrogen and oxygen atoms in total. The van der Waals surface area contributed by atoms with Crippen LogP contribution in [0.1, 0.15) is 42.4 Å². The van der Waals surface area contributed by atoms with Crippen LogP contribution in [0.3, 0.4) is 0 Å². The summed E-state index contributed by atoms with van der Waals surface area (Å²) >= 11 is 0. The number of esters is 1. The third-order valence-electron chi connectivity index (χ3n) is 6.34. The van der Waals surface area contributed by atoms with E-state index in [1.54, 1.807) is 6.07 Å². The molecule has 1 heterocycles. The summed E-state index contributed by atoms with van der Waals surface area (Å²) in [5.41, 5.74) is 2.89. The van der Waals surface area contributed by atoms with Crippen molar-refractivity contribution in [1.29, 1.82) is 0 Å². The molecule has 3 rings (SSSR count). The van der Waals surface area contributed by atoms with E-state index in [2.05, 4.69) is 5.32 Å². The number of nitrogens with zero attached hydrogens (tertiary/aromatic N) is 1. The van der Waals surface area contributed by atoms with Crippen LogP contribution in [-0.4, -0.2) is 48.9 Å². The minimum Gasteiger partial charge on any atom is -0.467 e. The van der Waals surface area contributed by atoms with Gasteiger partial charge in [0.2, 0.25) is 11.8 Å². The predicted molar refractivity (Wildman–Crippen MR) is 127 cm³/mol. The van der Waals surface area contributed by atoms with Crippen molar-refractivity contribution in [2.75, 3.05) is 20.2 Å². The molecule has 1 N–H and O–H groups in total. The molecule has 1 atom stereocenters. The molecule has 0 aliphatic carbocycles. The van der Waals surface area contributed by atoms with Gasteiger partial charge in [-0.05, 0) is 55.4 Å². The van der Waals surface area contributed by atoms with Gasteiger partial charge >= 0.3 is 5.97 Å². The lowest BCUT2D eigenvalue weighted by molar-refractivity contribution is -0.145. The largest absolute Gasteiger partial charge is 0.467 e. The van der Waals surface area contributed by atoms with Crippen molar-refractivity contribution in [3.05, 3.63) is 71.0 Å². The predicted octanol–water partition coefficient (Wildman–Crippen LogP) is 3.60. The lowest BCUT2D eigenvalue weighted by Crippen LogP contribution is -2.44. The molecule has 0 saturated carbocycles. The van der Waals surface area contributed by atoms with E-state index in [4.69, 9.17) is 4.74 Å². The van der Waals surface area contributed by atoms with Crippen molar-refractivity contribution in [3.8, 4) is 0 Å². The van der Waals surface area contributed by atoms with Crippen LogP contribution < -0.4 is 5.32 Å². The topological polar surface area (TPSA) is 75.7 Å². The van der Waals surface area contributed by atoms with E-state index in [1.807, 2.05) is 42.2 Å². The first-order valence-electron chi connectivity index (χ1n) is 11.8. The van der Waals surface area contributed by atoms with E-state index in [0.717, 1.165) is 29.5 Å². The Morgan fingerprint density at radius 3 is 2.44 bits per heavy atom. The average molecular weight is 469 g/mol. The molecule has 182 valence electrons. The van der Waals surface area contributed by atoms with Gasteiger partial charge in [-0.3, -0.25) is 9.59 Å². The molecule has 1 aliphatic rings. The highest BCUT2D eigenvalue weighted by Gasteiger charge is 2.27. The Hall–Kier alpha value is -3.22. The number of rotatable bonds is 9. The van der Waals surface area contributed by atoms with E-state index in [9.17, 15) is 18.8 Å². The molecule has 2 aromatic rings. The molecule has 0 radical (unpaired) electrons. The normalized spacial score (nSPS) is 15.0. The fraction of sp³-hybridized carbons (Fsp3) is 0.444. The lowest BCUT2D eigenvalue weighted by atomic mass is 9.92.